The van der Waals surface area contributed by atoms with Gasteiger partial charge in [-0.1, -0.05) is 30.3 Å². The zero-order chi connectivity index (χ0) is 19.0. The summed E-state index contributed by atoms with van der Waals surface area (Å²) in [6.45, 7) is 1.63. The van der Waals surface area contributed by atoms with Gasteiger partial charge in [0, 0.05) is 0 Å². The van der Waals surface area contributed by atoms with Crippen molar-refractivity contribution in [2.75, 3.05) is 11.9 Å². The van der Waals surface area contributed by atoms with Gasteiger partial charge in [-0.2, -0.15) is 0 Å². The van der Waals surface area contributed by atoms with Crippen LogP contribution in [0.1, 0.15) is 24.8 Å². The fourth-order valence-electron chi connectivity index (χ4n) is 3.28. The van der Waals surface area contributed by atoms with Gasteiger partial charge >= 0.3 is 0 Å². The molecule has 3 heterocycles. The van der Waals surface area contributed by atoms with E-state index in [0.717, 1.165) is 5.56 Å². The van der Waals surface area contributed by atoms with Gasteiger partial charge in [0.15, 0.2) is 23.2 Å². The number of nitrogens with zero attached hydrogens (tertiary/aromatic N) is 4. The number of nitrogens with one attached hydrogen (secondary N) is 1. The number of aliphatic hydroxyl groups excluding tert-OH is 3. The van der Waals surface area contributed by atoms with Gasteiger partial charge in [-0.05, 0) is 12.5 Å². The summed E-state index contributed by atoms with van der Waals surface area (Å²) < 4.78 is 7.11. The number of imidazole rings is 1. The maximum atomic E-state index is 10.3. The van der Waals surface area contributed by atoms with Crippen molar-refractivity contribution in [3.8, 4) is 0 Å². The molecule has 3 aromatic rings. The lowest BCUT2D eigenvalue weighted by molar-refractivity contribution is -0.0511. The molecule has 1 aliphatic rings. The SMILES string of the molecule is CC(Nc1ncnc2c1ncn2[C@@H]1O[C@H](CO)C(O)C1O)c1ccccc1. The molecule has 0 bridgehead atoms. The summed E-state index contributed by atoms with van der Waals surface area (Å²) >= 11 is 0. The van der Waals surface area contributed by atoms with Crippen molar-refractivity contribution >= 4 is 17.0 Å². The second-order valence-corrected chi connectivity index (χ2v) is 6.55. The summed E-state index contributed by atoms with van der Waals surface area (Å²) in [5, 5.41) is 32.8. The Morgan fingerprint density at radius 1 is 1.15 bits per heavy atom. The van der Waals surface area contributed by atoms with Gasteiger partial charge in [-0.3, -0.25) is 4.57 Å². The molecule has 1 saturated heterocycles. The van der Waals surface area contributed by atoms with Crippen molar-refractivity contribution in [2.24, 2.45) is 0 Å². The van der Waals surface area contributed by atoms with E-state index in [2.05, 4.69) is 20.3 Å². The molecule has 0 spiro atoms. The highest BCUT2D eigenvalue weighted by atomic mass is 16.6. The number of aromatic nitrogens is 4. The van der Waals surface area contributed by atoms with Gasteiger partial charge in [0.05, 0.1) is 19.0 Å². The predicted molar refractivity (Wildman–Crippen MR) is 96.8 cm³/mol. The third-order valence-electron chi connectivity index (χ3n) is 4.80. The van der Waals surface area contributed by atoms with Gasteiger partial charge in [-0.25, -0.2) is 15.0 Å². The van der Waals surface area contributed by atoms with E-state index >= 15 is 0 Å². The topological polar surface area (TPSA) is 126 Å². The van der Waals surface area contributed by atoms with Crippen LogP contribution >= 0.6 is 0 Å². The average Bonchev–Trinajstić information content (AvgIpc) is 3.25. The summed E-state index contributed by atoms with van der Waals surface area (Å²) in [7, 11) is 0. The first-order valence-electron chi connectivity index (χ1n) is 8.71. The molecule has 9 nitrogen and oxygen atoms in total. The zero-order valence-electron chi connectivity index (χ0n) is 14.7. The Kier molecular flexibility index (Phi) is 4.75. The third-order valence-corrected chi connectivity index (χ3v) is 4.80. The predicted octanol–water partition coefficient (Wildman–Crippen LogP) is 0.611. The first-order chi connectivity index (χ1) is 13.1. The van der Waals surface area contributed by atoms with Crippen molar-refractivity contribution in [1.29, 1.82) is 0 Å². The van der Waals surface area contributed by atoms with Crippen LogP contribution in [-0.2, 0) is 4.74 Å². The second-order valence-electron chi connectivity index (χ2n) is 6.55. The third kappa shape index (κ3) is 3.15. The summed E-state index contributed by atoms with van der Waals surface area (Å²) in [5.74, 6) is 0.557. The highest BCUT2D eigenvalue weighted by Crippen LogP contribution is 2.32. The van der Waals surface area contributed by atoms with E-state index in [4.69, 9.17) is 4.74 Å². The highest BCUT2D eigenvalue weighted by molar-refractivity contribution is 5.82. The molecule has 1 aliphatic heterocycles. The number of fused-ring (bicyclic) bond motifs is 1. The Bertz CT molecular complexity index is 919. The van der Waals surface area contributed by atoms with E-state index in [1.54, 1.807) is 4.57 Å². The van der Waals surface area contributed by atoms with E-state index in [9.17, 15) is 15.3 Å². The van der Waals surface area contributed by atoms with Gasteiger partial charge in [0.25, 0.3) is 0 Å². The number of aliphatic hydroxyl groups is 3. The summed E-state index contributed by atoms with van der Waals surface area (Å²) in [5.41, 5.74) is 2.09. The molecule has 142 valence electrons. The summed E-state index contributed by atoms with van der Waals surface area (Å²) in [4.78, 5) is 12.9. The zero-order valence-corrected chi connectivity index (χ0v) is 14.7. The number of benzene rings is 1. The van der Waals surface area contributed by atoms with Gasteiger partial charge in [0.1, 0.15) is 24.6 Å². The monoisotopic (exact) mass is 371 g/mol. The highest BCUT2D eigenvalue weighted by Gasteiger charge is 2.44. The van der Waals surface area contributed by atoms with Crippen LogP contribution in [0, 0.1) is 0 Å². The van der Waals surface area contributed by atoms with Gasteiger partial charge < -0.3 is 25.4 Å². The average molecular weight is 371 g/mol. The Labute approximate surface area is 155 Å². The Morgan fingerprint density at radius 2 is 1.93 bits per heavy atom. The van der Waals surface area contributed by atoms with E-state index < -0.39 is 31.1 Å². The van der Waals surface area contributed by atoms with Gasteiger partial charge in [-0.15, -0.1) is 0 Å². The molecule has 0 aliphatic carbocycles. The van der Waals surface area contributed by atoms with E-state index in [1.807, 2.05) is 37.3 Å². The molecular weight excluding hydrogens is 350 g/mol. The first kappa shape index (κ1) is 17.8. The minimum atomic E-state index is -1.20. The van der Waals surface area contributed by atoms with E-state index in [0.29, 0.717) is 17.0 Å². The maximum absolute atomic E-state index is 10.3. The Morgan fingerprint density at radius 3 is 2.63 bits per heavy atom. The van der Waals surface area contributed by atoms with Crippen molar-refractivity contribution in [3.63, 3.8) is 0 Å². The molecule has 0 amide bonds. The number of hydrogen-bond acceptors (Lipinski definition) is 8. The molecule has 9 heteroatoms. The molecule has 2 aromatic heterocycles. The van der Waals surface area contributed by atoms with Crippen LogP contribution in [0.25, 0.3) is 11.2 Å². The van der Waals surface area contributed by atoms with Crippen LogP contribution in [-0.4, -0.2) is 59.8 Å². The normalized spacial score (nSPS) is 26.4. The number of hydrogen-bond donors (Lipinski definition) is 4. The van der Waals surface area contributed by atoms with Crippen molar-refractivity contribution in [2.45, 2.75) is 37.5 Å². The summed E-state index contributed by atoms with van der Waals surface area (Å²) in [6.07, 6.45) is -1.25. The van der Waals surface area contributed by atoms with Gasteiger partial charge in [0.2, 0.25) is 0 Å². The molecule has 1 fully saturated rings. The van der Waals surface area contributed by atoms with Crippen molar-refractivity contribution < 1.29 is 20.1 Å². The van der Waals surface area contributed by atoms with Crippen LogP contribution in [0.4, 0.5) is 5.82 Å². The lowest BCUT2D eigenvalue weighted by atomic mass is 10.1. The van der Waals surface area contributed by atoms with E-state index in [-0.39, 0.29) is 6.04 Å². The maximum Gasteiger partial charge on any atom is 0.167 e. The molecule has 4 rings (SSSR count). The van der Waals surface area contributed by atoms with Crippen LogP contribution < -0.4 is 5.32 Å². The lowest BCUT2D eigenvalue weighted by Crippen LogP contribution is -2.33. The smallest absolute Gasteiger partial charge is 0.167 e. The molecule has 3 unspecified atom stereocenters. The number of ether oxygens (including phenoxy) is 1. The quantitative estimate of drug-likeness (QED) is 0.514. The minimum Gasteiger partial charge on any atom is -0.394 e. The molecular formula is C18H21N5O4. The van der Waals surface area contributed by atoms with E-state index in [1.165, 1.54) is 12.7 Å². The van der Waals surface area contributed by atoms with Crippen LogP contribution in [0.15, 0.2) is 43.0 Å². The molecule has 4 N–H and O–H groups in total. The lowest BCUT2D eigenvalue weighted by Gasteiger charge is -2.17. The minimum absolute atomic E-state index is 0.00311. The molecule has 5 atom stereocenters. The molecule has 27 heavy (non-hydrogen) atoms. The summed E-state index contributed by atoms with van der Waals surface area (Å²) in [6, 6.07) is 9.95. The Hall–Kier alpha value is -2.59. The number of rotatable bonds is 5. The molecule has 0 radical (unpaired) electrons. The van der Waals surface area contributed by atoms with Crippen LogP contribution in [0.2, 0.25) is 0 Å². The van der Waals surface area contributed by atoms with Crippen molar-refractivity contribution in [3.05, 3.63) is 48.5 Å². The fraction of sp³-hybridized carbons (Fsp3) is 0.389. The first-order valence-corrected chi connectivity index (χ1v) is 8.71. The largest absolute Gasteiger partial charge is 0.394 e. The molecule has 0 saturated carbocycles. The van der Waals surface area contributed by atoms with Crippen LogP contribution in [0.3, 0.4) is 0 Å². The Balaban J connectivity index is 1.64. The standard InChI is InChI=1S/C18H21N5O4/c1-10(11-5-3-2-4-6-11)22-16-13-17(20-8-19-16)23(9-21-13)18-15(26)14(25)12(7-24)27-18/h2-6,8-10,12,14-15,18,24-26H,7H2,1H3,(H,19,20,22)/t10?,12-,14?,15?,18-/m1/s1. The van der Waals surface area contributed by atoms with Crippen LogP contribution in [0.5, 0.6) is 0 Å². The number of anilines is 1. The van der Waals surface area contributed by atoms with Crippen molar-refractivity contribution in [1.82, 2.24) is 19.5 Å². The fourth-order valence-corrected chi connectivity index (χ4v) is 3.28. The second kappa shape index (κ2) is 7.20. The molecule has 1 aromatic carbocycles.